The van der Waals surface area contributed by atoms with Crippen LogP contribution < -0.4 is 34.9 Å². The summed E-state index contributed by atoms with van der Waals surface area (Å²) in [5, 5.41) is 30.8. The number of ether oxygens (including phenoxy) is 6. The second-order valence-corrected chi connectivity index (χ2v) is 38.7. The number of nitrogens with zero attached hydrogens (tertiary/aromatic N) is 2. The van der Waals surface area contributed by atoms with Gasteiger partial charge in [-0.3, -0.25) is 4.79 Å². The van der Waals surface area contributed by atoms with Gasteiger partial charge in [0.2, 0.25) is 5.97 Å². The summed E-state index contributed by atoms with van der Waals surface area (Å²) in [6.45, 7) is 44.8. The van der Waals surface area contributed by atoms with Crippen molar-refractivity contribution < 1.29 is 107 Å². The van der Waals surface area contributed by atoms with Gasteiger partial charge >= 0.3 is 41.5 Å². The molecule has 15 fully saturated rings. The van der Waals surface area contributed by atoms with E-state index in [0.717, 1.165) is 137 Å². The Morgan fingerprint density at radius 2 is 0.757 bits per heavy atom. The first-order valence-corrected chi connectivity index (χ1v) is 44.2. The number of fused-ring (bicyclic) bond motifs is 9. The van der Waals surface area contributed by atoms with Crippen LogP contribution >= 0.6 is 0 Å². The van der Waals surface area contributed by atoms with Gasteiger partial charge in [-0.1, -0.05) is 117 Å². The second kappa shape index (κ2) is 42.7. The molecule has 0 aromatic rings. The van der Waals surface area contributed by atoms with E-state index in [1.54, 1.807) is 0 Å². The Morgan fingerprint density at radius 1 is 0.459 bits per heavy atom. The van der Waals surface area contributed by atoms with Crippen molar-refractivity contribution in [1.29, 1.82) is 0 Å². The van der Waals surface area contributed by atoms with Gasteiger partial charge in [0, 0.05) is 81.0 Å². The maximum atomic E-state index is 11.3. The molecule has 15 aliphatic rings. The number of aliphatic hydroxyl groups is 3. The molecule has 6 heterocycles. The molecule has 15 rings (SSSR count). The number of likely N-dealkylation sites (tertiary alicyclic amines) is 2. The van der Waals surface area contributed by atoms with Gasteiger partial charge in [-0.2, -0.15) is 0 Å². The minimum absolute atomic E-state index is 0. The number of hydrogen-bond acceptors (Lipinski definition) is 19. The maximum absolute atomic E-state index is 11.3. The van der Waals surface area contributed by atoms with E-state index in [4.69, 9.17) is 33.5 Å². The fourth-order valence-electron chi connectivity index (χ4n) is 25.2. The molecule has 6 saturated heterocycles. The zero-order valence-corrected chi connectivity index (χ0v) is 72.9. The van der Waals surface area contributed by atoms with E-state index < -0.39 is 17.9 Å². The van der Waals surface area contributed by atoms with Crippen molar-refractivity contribution in [2.75, 3.05) is 92.0 Å². The Balaban J connectivity index is 0.000000169. The summed E-state index contributed by atoms with van der Waals surface area (Å²) < 4.78 is 43.0. The number of aliphatic hydroxyl groups excluding tert-OH is 3. The van der Waals surface area contributed by atoms with Crippen LogP contribution in [0.5, 0.6) is 0 Å². The SMILES string of the molecule is C=C1CCC2[C@]3(C)CO[C@@H](C4CCCC4)O[C@@H]3CC[C@@]2(C)[C@@H]1CC=O.C=C1CCC2[C@]3(C)CO[C@@H](C4CCCC4)O[C@@H]3CC[C@@]2(C)[C@@H]1CCN1CCC(CO)CC1.C=C1CCC2[C@]3(C)CO[C@@H](C4CCCC4)O[C@@H]3CC[C@@]2(C)[C@@H]1CCN1CCC(CO)CC1.CC(=O)OOC(C)=O.OCC1CCNCC1.[B-]OC(C)=O.[Na+]. The van der Waals surface area contributed by atoms with E-state index in [0.29, 0.717) is 126 Å². The first-order valence-electron chi connectivity index (χ1n) is 44.2. The van der Waals surface area contributed by atoms with E-state index in [2.05, 4.69) is 98.9 Å². The monoisotopic (exact) mass is 1560 g/mol. The molecule has 3 unspecified atom stereocenters. The van der Waals surface area contributed by atoms with Gasteiger partial charge in [0.05, 0.1) is 38.1 Å². The number of carbonyl (C=O) groups excluding carboxylic acids is 4. The van der Waals surface area contributed by atoms with E-state index >= 15 is 0 Å². The third kappa shape index (κ3) is 22.5. The largest absolute Gasteiger partial charge is 1.00 e. The molecule has 21 heteroatoms. The zero-order valence-electron chi connectivity index (χ0n) is 70.9. The van der Waals surface area contributed by atoms with Crippen LogP contribution in [0.25, 0.3) is 0 Å². The Bertz CT molecular complexity index is 2820. The average Bonchev–Trinajstić information content (AvgIpc) is 1.70. The first kappa shape index (κ1) is 92.8. The minimum atomic E-state index is -0.639. The molecule has 18 atom stereocenters. The molecule has 3 radical (unpaired) electrons. The van der Waals surface area contributed by atoms with E-state index in [-0.39, 0.29) is 70.1 Å². The van der Waals surface area contributed by atoms with Crippen molar-refractivity contribution >= 4 is 32.2 Å². The third-order valence-corrected chi connectivity index (χ3v) is 31.8. The van der Waals surface area contributed by atoms with Crippen LogP contribution in [0.15, 0.2) is 36.5 Å². The molecule has 9 aliphatic carbocycles. The van der Waals surface area contributed by atoms with Crippen molar-refractivity contribution in [3.63, 3.8) is 0 Å². The van der Waals surface area contributed by atoms with Crippen molar-refractivity contribution in [1.82, 2.24) is 15.1 Å². The van der Waals surface area contributed by atoms with Crippen LogP contribution in [-0.2, 0) is 62.0 Å². The van der Waals surface area contributed by atoms with Crippen molar-refractivity contribution in [3.05, 3.63) is 36.5 Å². The first-order chi connectivity index (χ1) is 52.7. The summed E-state index contributed by atoms with van der Waals surface area (Å²) in [5.74, 6) is 5.16. The Hall–Kier alpha value is -2.12. The molecule has 111 heavy (non-hydrogen) atoms. The Morgan fingerprint density at radius 3 is 1.04 bits per heavy atom. The molecule has 0 spiro atoms. The number of nitrogens with one attached hydrogen (secondary N) is 1. The van der Waals surface area contributed by atoms with Crippen LogP contribution in [0.3, 0.4) is 0 Å². The van der Waals surface area contributed by atoms with Crippen LogP contribution in [0, 0.1) is 104 Å². The standard InChI is InChI=1S/2C28H47NO3.C22H34O3.C6H13NO.C4H6O4.C2H3BO2.Na/c2*1-20-8-9-24-27(2,23(20)13-17-29-15-11-21(18-30)12-16-29)14-10-25-28(24,3)19-31-26(32-25)22-6-4-5-7-22;1-15-8-9-18-21(2,17(15)11-13-23)12-10-19-22(18,3)14-24-20(25-19)16-6-4-5-7-16;8-5-6-1-3-7-4-2-6;1-3(5)7-8-4(2)6;1-2(4)5-3;/h2*21-26,30H,1,4-19H2,2-3H3;13,16-20H,1,4-12,14H2,2-3H3;6-8H,1-5H2;1-2H3;1H3;/q;;;;;-1;+1/t2*23-,24?,25-,26-,27+,28+;17-,18?,19-,20-,21+,22+;;;;/m111..../s1. The molecule has 4 N–H and O–H groups in total. The number of hydrogen-bond donors (Lipinski definition) is 4. The molecule has 9 saturated carbocycles. The number of piperidine rings is 3. The van der Waals surface area contributed by atoms with Gasteiger partial charge in [0.25, 0.3) is 0 Å². The fraction of sp³-hybridized carbons (Fsp3) is 0.889. The van der Waals surface area contributed by atoms with Crippen LogP contribution in [0.4, 0.5) is 0 Å². The van der Waals surface area contributed by atoms with Gasteiger partial charge < -0.3 is 76.4 Å². The summed E-state index contributed by atoms with van der Waals surface area (Å²) in [6, 6.07) is 0. The summed E-state index contributed by atoms with van der Waals surface area (Å²) in [5.41, 5.74) is 5.43. The molecule has 0 aromatic heterocycles. The predicted octanol–water partition coefficient (Wildman–Crippen LogP) is 12.3. The third-order valence-electron chi connectivity index (χ3n) is 31.8. The summed E-state index contributed by atoms with van der Waals surface area (Å²) in [7, 11) is 4.32. The van der Waals surface area contributed by atoms with Crippen LogP contribution in [-0.4, -0.2) is 187 Å². The predicted molar refractivity (Wildman–Crippen MR) is 428 cm³/mol. The topological polar surface area (TPSA) is 231 Å². The average molecular weight is 1560 g/mol. The quantitative estimate of drug-likeness (QED) is 0.0416. The second-order valence-electron chi connectivity index (χ2n) is 38.7. The fourth-order valence-corrected chi connectivity index (χ4v) is 25.2. The molecular formula is C90H150BN3NaO16. The van der Waals surface area contributed by atoms with Gasteiger partial charge in [0.1, 0.15) is 6.29 Å². The Kier molecular flexibility index (Phi) is 35.7. The van der Waals surface area contributed by atoms with Gasteiger partial charge in [-0.25, -0.2) is 19.4 Å². The number of rotatable bonds is 14. The van der Waals surface area contributed by atoms with Crippen molar-refractivity contribution in [3.8, 4) is 0 Å². The number of allylic oxidation sites excluding steroid dienone is 3. The van der Waals surface area contributed by atoms with Gasteiger partial charge in [-0.15, -0.1) is 0 Å². The van der Waals surface area contributed by atoms with E-state index in [9.17, 15) is 29.4 Å². The molecule has 0 bridgehead atoms. The molecule has 19 nitrogen and oxygen atoms in total. The molecule has 625 valence electrons. The molecule has 0 aromatic carbocycles. The summed E-state index contributed by atoms with van der Waals surface area (Å²) in [6.07, 6.45) is 42.2. The molecule has 0 amide bonds. The van der Waals surface area contributed by atoms with Crippen molar-refractivity contribution in [2.24, 2.45) is 104 Å². The van der Waals surface area contributed by atoms with E-state index in [1.807, 2.05) is 0 Å². The normalized spacial score (nSPS) is 39.0. The molecular weight excluding hydrogens is 1410 g/mol. The van der Waals surface area contributed by atoms with Crippen LogP contribution in [0.1, 0.15) is 274 Å². The summed E-state index contributed by atoms with van der Waals surface area (Å²) in [4.78, 5) is 53.4. The van der Waals surface area contributed by atoms with Gasteiger partial charge in [-0.05, 0) is 289 Å². The molecule has 6 aliphatic heterocycles. The number of aldehydes is 1. The Labute approximate surface area is 693 Å². The van der Waals surface area contributed by atoms with Crippen molar-refractivity contribution in [2.45, 2.75) is 311 Å². The van der Waals surface area contributed by atoms with Gasteiger partial charge in [0.15, 0.2) is 18.9 Å². The zero-order chi connectivity index (χ0) is 79.0. The maximum Gasteiger partial charge on any atom is 1.00 e. The smallest absolute Gasteiger partial charge is 0.793 e. The van der Waals surface area contributed by atoms with E-state index in [1.165, 1.54) is 184 Å². The van der Waals surface area contributed by atoms with Crippen LogP contribution in [0.2, 0.25) is 0 Å². The summed E-state index contributed by atoms with van der Waals surface area (Å²) >= 11 is 0. The number of carbonyl (C=O) groups is 4. The minimum Gasteiger partial charge on any atom is -0.793 e.